The highest BCUT2D eigenvalue weighted by molar-refractivity contribution is 6.55. The molecule has 0 saturated heterocycles. The van der Waals surface area contributed by atoms with E-state index in [0.717, 1.165) is 17.7 Å². The maximum atomic E-state index is 6.11. The summed E-state index contributed by atoms with van der Waals surface area (Å²) in [5.41, 5.74) is 2.01. The summed E-state index contributed by atoms with van der Waals surface area (Å²) >= 11 is 0. The van der Waals surface area contributed by atoms with Gasteiger partial charge in [-0.05, 0) is 18.0 Å². The molecule has 0 bridgehead atoms. The Morgan fingerprint density at radius 2 is 1.36 bits per heavy atom. The minimum atomic E-state index is -0.451. The molecular formula is C12H23OSi. The second kappa shape index (κ2) is 5.31. The predicted molar refractivity (Wildman–Crippen MR) is 61.8 cm³/mol. The molecule has 0 aromatic heterocycles. The molecule has 2 heteroatoms. The fourth-order valence-corrected chi connectivity index (χ4v) is 6.58. The summed E-state index contributed by atoms with van der Waals surface area (Å²) in [4.78, 5) is 0. The second-order valence-electron chi connectivity index (χ2n) is 4.80. The van der Waals surface area contributed by atoms with Crippen molar-refractivity contribution in [1.82, 2.24) is 0 Å². The van der Waals surface area contributed by atoms with Crippen molar-refractivity contribution in [3.63, 3.8) is 0 Å². The van der Waals surface area contributed by atoms with Gasteiger partial charge >= 0.3 is 0 Å². The summed E-state index contributed by atoms with van der Waals surface area (Å²) in [6, 6.07) is 0. The molecule has 0 amide bonds. The van der Waals surface area contributed by atoms with Crippen LogP contribution in [-0.2, 0) is 4.43 Å². The first-order valence-electron chi connectivity index (χ1n) is 6.41. The van der Waals surface area contributed by atoms with Gasteiger partial charge in [0.05, 0.1) is 0 Å². The molecule has 2 rings (SSSR count). The number of hydrogen-bond donors (Lipinski definition) is 0. The highest BCUT2D eigenvalue weighted by atomic mass is 28.3. The van der Waals surface area contributed by atoms with E-state index in [1.807, 2.05) is 0 Å². The maximum Gasteiger partial charge on any atom is 0.217 e. The summed E-state index contributed by atoms with van der Waals surface area (Å²) in [6.07, 6.45) is 11.8. The Morgan fingerprint density at radius 3 is 1.71 bits per heavy atom. The molecule has 0 spiro atoms. The van der Waals surface area contributed by atoms with E-state index in [4.69, 9.17) is 4.43 Å². The average Bonchev–Trinajstić information content (AvgIpc) is 2.87. The molecule has 81 valence electrons. The third-order valence-electron chi connectivity index (χ3n) is 3.83. The Bertz CT molecular complexity index is 144. The van der Waals surface area contributed by atoms with E-state index < -0.39 is 9.04 Å². The van der Waals surface area contributed by atoms with Gasteiger partial charge in [0.2, 0.25) is 9.04 Å². The average molecular weight is 211 g/mol. The highest BCUT2D eigenvalue weighted by Gasteiger charge is 2.36. The van der Waals surface area contributed by atoms with Crippen LogP contribution >= 0.6 is 0 Å². The smallest absolute Gasteiger partial charge is 0.217 e. The molecule has 2 fully saturated rings. The molecule has 2 aliphatic rings. The zero-order valence-electron chi connectivity index (χ0n) is 9.43. The van der Waals surface area contributed by atoms with Gasteiger partial charge in [0.1, 0.15) is 0 Å². The quantitative estimate of drug-likeness (QED) is 0.641. The van der Waals surface area contributed by atoms with E-state index in [-0.39, 0.29) is 0 Å². The van der Waals surface area contributed by atoms with Gasteiger partial charge in [-0.25, -0.2) is 0 Å². The molecule has 0 aromatic carbocycles. The van der Waals surface area contributed by atoms with Crippen molar-refractivity contribution < 1.29 is 4.43 Å². The maximum absolute atomic E-state index is 6.11. The van der Waals surface area contributed by atoms with E-state index >= 15 is 0 Å². The van der Waals surface area contributed by atoms with E-state index in [1.54, 1.807) is 0 Å². The largest absolute Gasteiger partial charge is 0.416 e. The lowest BCUT2D eigenvalue weighted by Crippen LogP contribution is -2.28. The summed E-state index contributed by atoms with van der Waals surface area (Å²) in [5.74, 6) is 0. The molecule has 0 N–H and O–H groups in total. The first-order valence-corrected chi connectivity index (χ1v) is 7.97. The first kappa shape index (κ1) is 10.7. The Morgan fingerprint density at radius 1 is 0.929 bits per heavy atom. The summed E-state index contributed by atoms with van der Waals surface area (Å²) in [6.45, 7) is 3.13. The van der Waals surface area contributed by atoms with E-state index in [2.05, 4.69) is 6.92 Å². The van der Waals surface area contributed by atoms with Crippen molar-refractivity contribution in [2.24, 2.45) is 0 Å². The SMILES string of the molecule is CCO[Si](C1CCCC1)C1CCCC1. The second-order valence-corrected chi connectivity index (χ2v) is 7.52. The van der Waals surface area contributed by atoms with Crippen molar-refractivity contribution in [3.8, 4) is 0 Å². The summed E-state index contributed by atoms with van der Waals surface area (Å²) in [7, 11) is -0.451. The molecule has 0 aromatic rings. The minimum Gasteiger partial charge on any atom is -0.416 e. The van der Waals surface area contributed by atoms with Gasteiger partial charge in [-0.2, -0.15) is 0 Å². The first-order chi connectivity index (χ1) is 6.92. The fourth-order valence-electron chi connectivity index (χ4n) is 3.16. The molecular weight excluding hydrogens is 188 g/mol. The molecule has 1 radical (unpaired) electrons. The van der Waals surface area contributed by atoms with Gasteiger partial charge in [0, 0.05) is 6.61 Å². The lowest BCUT2D eigenvalue weighted by Gasteiger charge is -2.25. The van der Waals surface area contributed by atoms with E-state index in [9.17, 15) is 0 Å². The van der Waals surface area contributed by atoms with Crippen molar-refractivity contribution in [1.29, 1.82) is 0 Å². The lowest BCUT2D eigenvalue weighted by atomic mass is 10.3. The molecule has 1 nitrogen and oxygen atoms in total. The minimum absolute atomic E-state index is 0.451. The van der Waals surface area contributed by atoms with Gasteiger partial charge < -0.3 is 4.43 Å². The van der Waals surface area contributed by atoms with Crippen LogP contribution in [0.15, 0.2) is 0 Å². The van der Waals surface area contributed by atoms with Crippen molar-refractivity contribution in [2.45, 2.75) is 69.4 Å². The van der Waals surface area contributed by atoms with Crippen molar-refractivity contribution in [2.75, 3.05) is 6.61 Å². The van der Waals surface area contributed by atoms with Crippen molar-refractivity contribution >= 4 is 9.04 Å². The normalized spacial score (nSPS) is 25.3. The zero-order chi connectivity index (χ0) is 9.80. The van der Waals surface area contributed by atoms with Crippen LogP contribution in [-0.4, -0.2) is 15.6 Å². The van der Waals surface area contributed by atoms with Crippen LogP contribution in [0.3, 0.4) is 0 Å². The molecule has 0 heterocycles. The van der Waals surface area contributed by atoms with Crippen LogP contribution in [0.5, 0.6) is 0 Å². The monoisotopic (exact) mass is 211 g/mol. The molecule has 0 aliphatic heterocycles. The molecule has 0 unspecified atom stereocenters. The van der Waals surface area contributed by atoms with Crippen LogP contribution < -0.4 is 0 Å². The van der Waals surface area contributed by atoms with Gasteiger partial charge in [-0.3, -0.25) is 0 Å². The molecule has 0 atom stereocenters. The van der Waals surface area contributed by atoms with Crippen LogP contribution in [0.4, 0.5) is 0 Å². The van der Waals surface area contributed by atoms with Crippen LogP contribution in [0.1, 0.15) is 58.3 Å². The standard InChI is InChI=1S/C12H23OSi/c1-2-13-14(11-7-3-4-8-11)12-9-5-6-10-12/h11-12H,2-10H2,1H3. The van der Waals surface area contributed by atoms with Crippen LogP contribution in [0, 0.1) is 0 Å². The Labute approximate surface area is 90.0 Å². The number of rotatable bonds is 4. The molecule has 2 saturated carbocycles. The van der Waals surface area contributed by atoms with Gasteiger partial charge in [-0.1, -0.05) is 51.4 Å². The Balaban J connectivity index is 1.91. The number of hydrogen-bond acceptors (Lipinski definition) is 1. The van der Waals surface area contributed by atoms with E-state index in [1.165, 1.54) is 51.4 Å². The Kier molecular flexibility index (Phi) is 4.06. The summed E-state index contributed by atoms with van der Waals surface area (Å²) < 4.78 is 6.11. The lowest BCUT2D eigenvalue weighted by molar-refractivity contribution is 0.322. The van der Waals surface area contributed by atoms with Gasteiger partial charge in [-0.15, -0.1) is 0 Å². The van der Waals surface area contributed by atoms with Crippen LogP contribution in [0.25, 0.3) is 0 Å². The van der Waals surface area contributed by atoms with Gasteiger partial charge in [0.25, 0.3) is 0 Å². The van der Waals surface area contributed by atoms with Crippen LogP contribution in [0.2, 0.25) is 11.1 Å². The third-order valence-corrected chi connectivity index (χ3v) is 7.21. The third kappa shape index (κ3) is 2.40. The van der Waals surface area contributed by atoms with Gasteiger partial charge in [0.15, 0.2) is 0 Å². The zero-order valence-corrected chi connectivity index (χ0v) is 10.4. The van der Waals surface area contributed by atoms with Crippen molar-refractivity contribution in [3.05, 3.63) is 0 Å². The highest BCUT2D eigenvalue weighted by Crippen LogP contribution is 2.43. The van der Waals surface area contributed by atoms with E-state index in [0.29, 0.717) is 0 Å². The topological polar surface area (TPSA) is 9.23 Å². The Hall–Kier alpha value is 0.177. The molecule has 2 aliphatic carbocycles. The fraction of sp³-hybridized carbons (Fsp3) is 1.00. The predicted octanol–water partition coefficient (Wildman–Crippen LogP) is 3.90. The molecule has 14 heavy (non-hydrogen) atoms. The summed E-state index contributed by atoms with van der Waals surface area (Å²) in [5, 5.41) is 0.